The Bertz CT molecular complexity index is 857. The highest BCUT2D eigenvalue weighted by Crippen LogP contribution is 2.16. The van der Waals surface area contributed by atoms with Gasteiger partial charge >= 0.3 is 6.18 Å². The molecule has 0 spiro atoms. The highest BCUT2D eigenvalue weighted by atomic mass is 127. The molecule has 32 heavy (non-hydrogen) atoms. The number of nitrogens with zero attached hydrogens (tertiary/aromatic N) is 1. The number of rotatable bonds is 9. The van der Waals surface area contributed by atoms with Crippen LogP contribution in [-0.4, -0.2) is 38.2 Å². The molecule has 0 saturated heterocycles. The van der Waals surface area contributed by atoms with Crippen molar-refractivity contribution in [2.75, 3.05) is 20.2 Å². The maximum atomic E-state index is 12.1. The lowest BCUT2D eigenvalue weighted by atomic mass is 10.1. The molecule has 3 N–H and O–H groups in total. The van der Waals surface area contributed by atoms with Gasteiger partial charge in [-0.05, 0) is 35.7 Å². The van der Waals surface area contributed by atoms with Gasteiger partial charge in [-0.25, -0.2) is 4.99 Å². The Kier molecular flexibility index (Phi) is 12.1. The molecule has 0 aliphatic rings. The number of hydrogen-bond donors (Lipinski definition) is 3. The van der Waals surface area contributed by atoms with Crippen LogP contribution in [-0.2, 0) is 24.4 Å². The lowest BCUT2D eigenvalue weighted by Gasteiger charge is -2.12. The molecular weight excluding hydrogens is 536 g/mol. The monoisotopic (exact) mass is 564 g/mol. The minimum absolute atomic E-state index is 0. The van der Waals surface area contributed by atoms with Gasteiger partial charge in [-0.3, -0.25) is 4.79 Å². The number of amides is 1. The second-order valence-electron chi connectivity index (χ2n) is 6.75. The van der Waals surface area contributed by atoms with E-state index in [4.69, 9.17) is 0 Å². The van der Waals surface area contributed by atoms with E-state index in [-0.39, 0.29) is 36.5 Å². The van der Waals surface area contributed by atoms with E-state index in [1.165, 1.54) is 0 Å². The van der Waals surface area contributed by atoms with Gasteiger partial charge in [-0.15, -0.1) is 24.0 Å². The lowest BCUT2D eigenvalue weighted by molar-refractivity contribution is -0.176. The zero-order valence-electron chi connectivity index (χ0n) is 18.0. The Hall–Kier alpha value is -2.34. The highest BCUT2D eigenvalue weighted by Gasteiger charge is 2.27. The Balaban J connectivity index is 0.00000512. The summed E-state index contributed by atoms with van der Waals surface area (Å²) in [5, 5.41) is 8.97. The SMILES string of the molecule is CCNC(=NCc1ccc(C(=O)NC)cc1)NCc1ccc(COCC(F)(F)F)cc1.I. The van der Waals surface area contributed by atoms with Gasteiger partial charge in [-0.1, -0.05) is 36.4 Å². The van der Waals surface area contributed by atoms with Gasteiger partial charge in [0.05, 0.1) is 13.2 Å². The van der Waals surface area contributed by atoms with Crippen LogP contribution in [0.3, 0.4) is 0 Å². The summed E-state index contributed by atoms with van der Waals surface area (Å²) < 4.78 is 41.1. The second kappa shape index (κ2) is 13.9. The molecule has 0 fully saturated rings. The van der Waals surface area contributed by atoms with E-state index in [1.54, 1.807) is 31.3 Å². The Morgan fingerprint density at radius 2 is 1.56 bits per heavy atom. The van der Waals surface area contributed by atoms with Crippen molar-refractivity contribution in [3.8, 4) is 0 Å². The Labute approximate surface area is 203 Å². The fourth-order valence-electron chi connectivity index (χ4n) is 2.64. The third kappa shape index (κ3) is 10.3. The molecule has 0 heterocycles. The number of nitrogens with one attached hydrogen (secondary N) is 3. The summed E-state index contributed by atoms with van der Waals surface area (Å²) in [5.74, 6) is 0.499. The highest BCUT2D eigenvalue weighted by molar-refractivity contribution is 14.0. The number of carbonyl (C=O) groups is 1. The summed E-state index contributed by atoms with van der Waals surface area (Å²) in [6.07, 6.45) is -4.32. The van der Waals surface area contributed by atoms with Crippen molar-refractivity contribution >= 4 is 35.8 Å². The maximum absolute atomic E-state index is 12.1. The second-order valence-corrected chi connectivity index (χ2v) is 6.75. The number of ether oxygens (including phenoxy) is 1. The van der Waals surface area contributed by atoms with Crippen molar-refractivity contribution in [1.82, 2.24) is 16.0 Å². The van der Waals surface area contributed by atoms with E-state index in [2.05, 4.69) is 25.7 Å². The first-order valence-corrected chi connectivity index (χ1v) is 9.86. The summed E-state index contributed by atoms with van der Waals surface area (Å²) in [6.45, 7) is 2.26. The summed E-state index contributed by atoms with van der Waals surface area (Å²) in [5.41, 5.74) is 3.19. The van der Waals surface area contributed by atoms with Gasteiger partial charge in [0, 0.05) is 25.7 Å². The first-order chi connectivity index (χ1) is 14.8. The molecule has 176 valence electrons. The molecule has 0 unspecified atom stereocenters. The van der Waals surface area contributed by atoms with Crippen LogP contribution < -0.4 is 16.0 Å². The van der Waals surface area contributed by atoms with Gasteiger partial charge in [-0.2, -0.15) is 13.2 Å². The molecule has 0 aliphatic heterocycles. The van der Waals surface area contributed by atoms with Crippen LogP contribution in [0.25, 0.3) is 0 Å². The van der Waals surface area contributed by atoms with Crippen LogP contribution in [0.4, 0.5) is 13.2 Å². The summed E-state index contributed by atoms with van der Waals surface area (Å²) >= 11 is 0. The number of aliphatic imine (C=N–C) groups is 1. The third-order valence-electron chi connectivity index (χ3n) is 4.22. The minimum atomic E-state index is -4.32. The molecule has 10 heteroatoms. The summed E-state index contributed by atoms with van der Waals surface area (Å²) in [6, 6.07) is 14.4. The van der Waals surface area contributed by atoms with Crippen LogP contribution in [0.5, 0.6) is 0 Å². The predicted molar refractivity (Wildman–Crippen MR) is 129 cm³/mol. The summed E-state index contributed by atoms with van der Waals surface area (Å²) in [4.78, 5) is 16.1. The van der Waals surface area contributed by atoms with Gasteiger partial charge in [0.2, 0.25) is 0 Å². The normalized spacial score (nSPS) is 11.5. The standard InChI is InChI=1S/C22H27F3N4O2.HI/c1-3-27-21(29-13-17-8-10-19(11-9-17)20(30)26-2)28-12-16-4-6-18(7-5-16)14-31-15-22(23,24)25;/h4-11H,3,12-15H2,1-2H3,(H,26,30)(H2,27,28,29);1H. The van der Waals surface area contributed by atoms with Crippen molar-refractivity contribution in [3.05, 3.63) is 70.8 Å². The molecule has 0 aliphatic carbocycles. The molecule has 2 aromatic rings. The van der Waals surface area contributed by atoms with E-state index in [9.17, 15) is 18.0 Å². The molecule has 0 bridgehead atoms. The molecule has 6 nitrogen and oxygen atoms in total. The largest absolute Gasteiger partial charge is 0.411 e. The number of halogens is 4. The van der Waals surface area contributed by atoms with Crippen molar-refractivity contribution in [2.24, 2.45) is 4.99 Å². The average molecular weight is 564 g/mol. The van der Waals surface area contributed by atoms with E-state index < -0.39 is 12.8 Å². The molecule has 1 amide bonds. The fourth-order valence-corrected chi connectivity index (χ4v) is 2.64. The first kappa shape index (κ1) is 27.7. The minimum Gasteiger partial charge on any atom is -0.367 e. The molecule has 2 rings (SSSR count). The van der Waals surface area contributed by atoms with Crippen LogP contribution in [0.15, 0.2) is 53.5 Å². The topological polar surface area (TPSA) is 74.8 Å². The van der Waals surface area contributed by atoms with Gasteiger partial charge in [0.25, 0.3) is 5.91 Å². The average Bonchev–Trinajstić information content (AvgIpc) is 2.75. The van der Waals surface area contributed by atoms with Crippen molar-refractivity contribution in [3.63, 3.8) is 0 Å². The van der Waals surface area contributed by atoms with E-state index in [0.29, 0.717) is 36.7 Å². The van der Waals surface area contributed by atoms with E-state index in [1.807, 2.05) is 31.2 Å². The molecular formula is C22H28F3IN4O2. The third-order valence-corrected chi connectivity index (χ3v) is 4.22. The molecule has 0 aromatic heterocycles. The number of benzene rings is 2. The van der Waals surface area contributed by atoms with Crippen molar-refractivity contribution in [2.45, 2.75) is 32.8 Å². The predicted octanol–water partition coefficient (Wildman–Crippen LogP) is 4.00. The first-order valence-electron chi connectivity index (χ1n) is 9.86. The quantitative estimate of drug-likeness (QED) is 0.245. The fraction of sp³-hybridized carbons (Fsp3) is 0.364. The Morgan fingerprint density at radius 3 is 2.12 bits per heavy atom. The van der Waals surface area contributed by atoms with Crippen LogP contribution in [0, 0.1) is 0 Å². The van der Waals surface area contributed by atoms with Gasteiger partial charge in [0.15, 0.2) is 5.96 Å². The number of alkyl halides is 3. The molecule has 0 radical (unpaired) electrons. The molecule has 2 aromatic carbocycles. The zero-order chi connectivity index (χ0) is 22.7. The zero-order valence-corrected chi connectivity index (χ0v) is 20.3. The lowest BCUT2D eigenvalue weighted by Crippen LogP contribution is -2.36. The van der Waals surface area contributed by atoms with Crippen LogP contribution in [0.2, 0.25) is 0 Å². The van der Waals surface area contributed by atoms with E-state index in [0.717, 1.165) is 11.1 Å². The van der Waals surface area contributed by atoms with Crippen LogP contribution in [0.1, 0.15) is 34.0 Å². The van der Waals surface area contributed by atoms with Crippen molar-refractivity contribution in [1.29, 1.82) is 0 Å². The smallest absolute Gasteiger partial charge is 0.367 e. The Morgan fingerprint density at radius 1 is 0.969 bits per heavy atom. The molecule has 0 saturated carbocycles. The van der Waals surface area contributed by atoms with Gasteiger partial charge in [0.1, 0.15) is 6.61 Å². The number of hydrogen-bond acceptors (Lipinski definition) is 3. The summed E-state index contributed by atoms with van der Waals surface area (Å²) in [7, 11) is 1.59. The van der Waals surface area contributed by atoms with Crippen molar-refractivity contribution < 1.29 is 22.7 Å². The number of guanidine groups is 1. The van der Waals surface area contributed by atoms with Crippen LogP contribution >= 0.6 is 24.0 Å². The number of carbonyl (C=O) groups excluding carboxylic acids is 1. The maximum Gasteiger partial charge on any atom is 0.411 e. The van der Waals surface area contributed by atoms with Gasteiger partial charge < -0.3 is 20.7 Å². The molecule has 0 atom stereocenters. The van der Waals surface area contributed by atoms with E-state index >= 15 is 0 Å².